The average molecular weight is 702 g/mol. The molecule has 0 bridgehead atoms. The van der Waals surface area contributed by atoms with Crippen LogP contribution in [0, 0.1) is 56.7 Å². The van der Waals surface area contributed by atoms with E-state index in [0.29, 0.717) is 50.3 Å². The minimum atomic E-state index is -1.26. The van der Waals surface area contributed by atoms with Crippen LogP contribution in [-0.4, -0.2) is 101 Å². The Kier molecular flexibility index (Phi) is 8.75. The molecule has 8 rings (SSSR count). The number of aliphatic hydroxyl groups excluding tert-OH is 2. The fourth-order valence-corrected chi connectivity index (χ4v) is 14.7. The Morgan fingerprint density at radius 3 is 2.40 bits per heavy atom. The van der Waals surface area contributed by atoms with Gasteiger partial charge in [-0.3, -0.25) is 4.79 Å². The number of aliphatic hydroxyl groups is 3. The van der Waals surface area contributed by atoms with Crippen molar-refractivity contribution in [2.24, 2.45) is 56.7 Å². The van der Waals surface area contributed by atoms with Gasteiger partial charge in [0.2, 0.25) is 5.91 Å². The molecule has 0 aromatic rings. The molecule has 8 aliphatic rings. The summed E-state index contributed by atoms with van der Waals surface area (Å²) in [5.74, 6) is 2.15. The van der Waals surface area contributed by atoms with Gasteiger partial charge < -0.3 is 39.2 Å². The second-order valence-electron chi connectivity index (χ2n) is 20.2. The first kappa shape index (κ1) is 36.2. The molecule has 5 aliphatic carbocycles. The third-order valence-electron chi connectivity index (χ3n) is 17.3. The van der Waals surface area contributed by atoms with E-state index in [4.69, 9.17) is 18.9 Å². The fraction of sp³-hybridized carbons (Fsp3) is 0.976. The van der Waals surface area contributed by atoms with Crippen LogP contribution in [0.2, 0.25) is 0 Å². The van der Waals surface area contributed by atoms with E-state index in [-0.39, 0.29) is 63.3 Å². The summed E-state index contributed by atoms with van der Waals surface area (Å²) < 4.78 is 25.3. The standard InChI is InChI=1S/C41H67NO8/c1-24-20-26(34(44)37(4,5)46)49-33-32(24)38(6)14-15-41-23-40(41)13-10-29(36(2,3)27(40)8-9-28(41)39(38,7)35(33)45)50-31-22-42(16-19-48-31)30(43)21-25-11-17-47-18-12-25/h24-29,31-35,44-46H,8-23H2,1-7H3/t24-,26-,27+,28+,29?,31?,32?,33+,34?,35+,38-,39-,40?,41+/m1/s1. The van der Waals surface area contributed by atoms with Crippen LogP contribution in [0.1, 0.15) is 119 Å². The Bertz CT molecular complexity index is 1310. The quantitative estimate of drug-likeness (QED) is 0.341. The highest BCUT2D eigenvalue weighted by molar-refractivity contribution is 5.76. The van der Waals surface area contributed by atoms with Crippen molar-refractivity contribution in [1.82, 2.24) is 4.90 Å². The monoisotopic (exact) mass is 701 g/mol. The smallest absolute Gasteiger partial charge is 0.223 e. The van der Waals surface area contributed by atoms with Gasteiger partial charge in [-0.15, -0.1) is 0 Å². The van der Waals surface area contributed by atoms with Crippen LogP contribution in [0.3, 0.4) is 0 Å². The van der Waals surface area contributed by atoms with Crippen LogP contribution in [0.5, 0.6) is 0 Å². The van der Waals surface area contributed by atoms with Crippen molar-refractivity contribution >= 4 is 5.91 Å². The van der Waals surface area contributed by atoms with E-state index in [2.05, 4.69) is 34.6 Å². The van der Waals surface area contributed by atoms with Gasteiger partial charge in [0.25, 0.3) is 0 Å². The number of amides is 1. The number of fused-ring (bicyclic) bond motifs is 4. The van der Waals surface area contributed by atoms with Gasteiger partial charge in [0, 0.05) is 31.6 Å². The summed E-state index contributed by atoms with van der Waals surface area (Å²) in [6.45, 7) is 18.5. The highest BCUT2D eigenvalue weighted by Gasteiger charge is 2.84. The van der Waals surface area contributed by atoms with Gasteiger partial charge in [-0.05, 0) is 129 Å². The van der Waals surface area contributed by atoms with Crippen LogP contribution in [0.4, 0.5) is 0 Å². The molecular weight excluding hydrogens is 634 g/mol. The Morgan fingerprint density at radius 2 is 1.68 bits per heavy atom. The molecule has 3 aliphatic heterocycles. The molecule has 9 heteroatoms. The molecule has 3 heterocycles. The van der Waals surface area contributed by atoms with Gasteiger partial charge in [-0.25, -0.2) is 0 Å². The van der Waals surface area contributed by atoms with Crippen molar-refractivity contribution in [3.63, 3.8) is 0 Å². The summed E-state index contributed by atoms with van der Waals surface area (Å²) in [4.78, 5) is 15.2. The zero-order valence-corrected chi connectivity index (χ0v) is 32.0. The predicted octanol–water partition coefficient (Wildman–Crippen LogP) is 5.32. The van der Waals surface area contributed by atoms with E-state index in [0.717, 1.165) is 58.2 Å². The van der Waals surface area contributed by atoms with E-state index in [1.165, 1.54) is 12.8 Å². The van der Waals surface area contributed by atoms with Crippen LogP contribution in [0.25, 0.3) is 0 Å². The number of hydrogen-bond acceptors (Lipinski definition) is 8. The molecule has 5 saturated carbocycles. The van der Waals surface area contributed by atoms with E-state index in [1.807, 2.05) is 4.90 Å². The molecule has 0 radical (unpaired) electrons. The van der Waals surface area contributed by atoms with Gasteiger partial charge in [0.05, 0.1) is 43.2 Å². The second kappa shape index (κ2) is 12.1. The third-order valence-corrected chi connectivity index (χ3v) is 17.3. The Hall–Kier alpha value is -0.810. The van der Waals surface area contributed by atoms with Gasteiger partial charge >= 0.3 is 0 Å². The van der Waals surface area contributed by atoms with Gasteiger partial charge in [-0.1, -0.05) is 34.6 Å². The summed E-state index contributed by atoms with van der Waals surface area (Å²) in [6, 6.07) is 0. The Balaban J connectivity index is 0.974. The minimum absolute atomic E-state index is 0.0213. The summed E-state index contributed by atoms with van der Waals surface area (Å²) in [5.41, 5.74) is -1.08. The molecule has 0 aromatic carbocycles. The van der Waals surface area contributed by atoms with Gasteiger partial charge in [0.1, 0.15) is 6.10 Å². The summed E-state index contributed by atoms with van der Waals surface area (Å²) >= 11 is 0. The van der Waals surface area contributed by atoms with Gasteiger partial charge in [-0.2, -0.15) is 0 Å². The molecule has 50 heavy (non-hydrogen) atoms. The van der Waals surface area contributed by atoms with E-state index in [9.17, 15) is 20.1 Å². The molecule has 5 unspecified atom stereocenters. The molecule has 0 aromatic heterocycles. The molecule has 2 spiro atoms. The number of hydrogen-bond donors (Lipinski definition) is 3. The first-order valence-corrected chi connectivity index (χ1v) is 20.4. The van der Waals surface area contributed by atoms with Crippen molar-refractivity contribution in [2.75, 3.05) is 32.9 Å². The summed E-state index contributed by atoms with van der Waals surface area (Å²) in [5, 5.41) is 34.2. The minimum Gasteiger partial charge on any atom is -0.390 e. The molecule has 8 fully saturated rings. The normalized spacial score (nSPS) is 50.7. The third kappa shape index (κ3) is 5.05. The van der Waals surface area contributed by atoms with Crippen LogP contribution < -0.4 is 0 Å². The largest absolute Gasteiger partial charge is 0.390 e. The number of carbonyl (C=O) groups excluding carboxylic acids is 1. The maximum atomic E-state index is 13.3. The lowest BCUT2D eigenvalue weighted by atomic mass is 9.41. The van der Waals surface area contributed by atoms with Crippen LogP contribution in [-0.2, 0) is 23.7 Å². The van der Waals surface area contributed by atoms with Crippen LogP contribution in [0.15, 0.2) is 0 Å². The SMILES string of the molecule is C[C@@H]1C[C@H](C(O)C(C)(C)O)O[C@H]2C1[C@@]1(C)CC[C@@]34CC35CCC(OC3CN(C(=O)CC6CCOCC6)CCO3)C(C)(C)[C@@H]5CC[C@H]4[C@]1(C)[C@H]2O. The Morgan fingerprint density at radius 1 is 0.980 bits per heavy atom. The number of rotatable bonds is 6. The van der Waals surface area contributed by atoms with E-state index in [1.54, 1.807) is 13.8 Å². The van der Waals surface area contributed by atoms with Crippen molar-refractivity contribution < 1.29 is 39.1 Å². The number of carbonyl (C=O) groups is 1. The molecular formula is C41H67NO8. The summed E-state index contributed by atoms with van der Waals surface area (Å²) in [7, 11) is 0. The lowest BCUT2D eigenvalue weighted by Crippen LogP contribution is -2.60. The van der Waals surface area contributed by atoms with E-state index >= 15 is 0 Å². The van der Waals surface area contributed by atoms with Crippen molar-refractivity contribution in [1.29, 1.82) is 0 Å². The van der Waals surface area contributed by atoms with Gasteiger partial charge in [0.15, 0.2) is 6.29 Å². The molecule has 3 saturated heterocycles. The lowest BCUT2D eigenvalue weighted by molar-refractivity contribution is -0.248. The molecule has 1 amide bonds. The number of morpholine rings is 1. The number of ether oxygens (including phenoxy) is 4. The zero-order valence-electron chi connectivity index (χ0n) is 32.0. The van der Waals surface area contributed by atoms with E-state index < -0.39 is 23.9 Å². The fourth-order valence-electron chi connectivity index (χ4n) is 14.7. The first-order chi connectivity index (χ1) is 23.5. The highest BCUT2D eigenvalue weighted by Crippen LogP contribution is 2.89. The van der Waals surface area contributed by atoms with Crippen LogP contribution >= 0.6 is 0 Å². The second-order valence-corrected chi connectivity index (χ2v) is 20.2. The van der Waals surface area contributed by atoms with Crippen molar-refractivity contribution in [3.05, 3.63) is 0 Å². The number of nitrogens with zero attached hydrogens (tertiary/aromatic N) is 1. The molecule has 9 nitrogen and oxygen atoms in total. The highest BCUT2D eigenvalue weighted by atomic mass is 16.7. The zero-order chi connectivity index (χ0) is 35.6. The molecule has 14 atom stereocenters. The maximum Gasteiger partial charge on any atom is 0.223 e. The topological polar surface area (TPSA) is 118 Å². The van der Waals surface area contributed by atoms with Crippen molar-refractivity contribution in [3.8, 4) is 0 Å². The van der Waals surface area contributed by atoms with Crippen molar-refractivity contribution in [2.45, 2.75) is 162 Å². The maximum absolute atomic E-state index is 13.3. The first-order valence-electron chi connectivity index (χ1n) is 20.4. The molecule has 3 N–H and O–H groups in total. The Labute approximate surface area is 300 Å². The molecule has 284 valence electrons. The average Bonchev–Trinajstić information content (AvgIpc) is 3.70. The lowest BCUT2D eigenvalue weighted by Gasteiger charge is -2.64. The predicted molar refractivity (Wildman–Crippen MR) is 188 cm³/mol. The summed E-state index contributed by atoms with van der Waals surface area (Å²) in [6.07, 6.45) is 8.56.